The fourth-order valence-electron chi connectivity index (χ4n) is 1.10. The van der Waals surface area contributed by atoms with Gasteiger partial charge in [-0.05, 0) is 24.6 Å². The summed E-state index contributed by atoms with van der Waals surface area (Å²) >= 11 is 0. The lowest BCUT2D eigenvalue weighted by Crippen LogP contribution is -2.24. The first-order valence-corrected chi connectivity index (χ1v) is 4.56. The molecule has 0 bridgehead atoms. The van der Waals surface area contributed by atoms with Crippen LogP contribution in [0.1, 0.15) is 17.3 Å². The Hall–Kier alpha value is -2.50. The van der Waals surface area contributed by atoms with Gasteiger partial charge in [0.25, 0.3) is 0 Å². The van der Waals surface area contributed by atoms with Crippen LogP contribution in [-0.2, 0) is 4.79 Å². The number of hydrogen-bond acceptors (Lipinski definition) is 5. The summed E-state index contributed by atoms with van der Waals surface area (Å²) in [5.74, 6) is -4.75. The smallest absolute Gasteiger partial charge is 0.371 e. The molecule has 0 fully saturated rings. The first kappa shape index (κ1) is 12.6. The monoisotopic (exact) mass is 236 g/mol. The quantitative estimate of drug-likeness (QED) is 0.557. The molecule has 0 aliphatic rings. The second-order valence-corrected chi connectivity index (χ2v) is 2.98. The van der Waals surface area contributed by atoms with Crippen LogP contribution in [0.5, 0.6) is 11.5 Å². The van der Waals surface area contributed by atoms with Crippen molar-refractivity contribution in [1.29, 1.82) is 0 Å². The molecular weight excluding hydrogens is 228 g/mol. The fraction of sp³-hybridized carbons (Fsp3) is 0.0909. The Labute approximate surface area is 96.4 Å². The van der Waals surface area contributed by atoms with Gasteiger partial charge in [0, 0.05) is 0 Å². The lowest BCUT2D eigenvalue weighted by Gasteiger charge is -2.19. The average Bonchev–Trinajstić information content (AvgIpc) is 2.26. The summed E-state index contributed by atoms with van der Waals surface area (Å²) in [5, 5.41) is 30.8. The molecule has 0 unspecified atom stereocenters. The molecule has 1 aromatic rings. The van der Waals surface area contributed by atoms with Crippen LogP contribution in [-0.4, -0.2) is 17.0 Å². The van der Waals surface area contributed by atoms with E-state index in [0.29, 0.717) is 0 Å². The van der Waals surface area contributed by atoms with E-state index < -0.39 is 29.0 Å². The van der Waals surface area contributed by atoms with E-state index in [1.165, 1.54) is 19.1 Å². The van der Waals surface area contributed by atoms with E-state index in [1.54, 1.807) is 0 Å². The van der Waals surface area contributed by atoms with E-state index in [1.807, 2.05) is 0 Å². The SMILES string of the molecule is C/C=C(/Oc1cccc(C(=O)[O-])c1[O-])C(=O)O. The minimum atomic E-state index is -1.64. The highest BCUT2D eigenvalue weighted by atomic mass is 16.5. The summed E-state index contributed by atoms with van der Waals surface area (Å²) in [7, 11) is 0. The van der Waals surface area contributed by atoms with Crippen LogP contribution in [0.3, 0.4) is 0 Å². The van der Waals surface area contributed by atoms with Gasteiger partial charge in [-0.1, -0.05) is 17.9 Å². The molecule has 90 valence electrons. The maximum absolute atomic E-state index is 11.5. The summed E-state index contributed by atoms with van der Waals surface area (Å²) < 4.78 is 4.80. The van der Waals surface area contributed by atoms with Gasteiger partial charge in [-0.3, -0.25) is 0 Å². The molecule has 0 radical (unpaired) electrons. The zero-order valence-electron chi connectivity index (χ0n) is 8.80. The molecule has 1 rings (SSSR count). The highest BCUT2D eigenvalue weighted by Crippen LogP contribution is 2.28. The molecule has 0 saturated carbocycles. The number of carboxylic acids is 2. The molecule has 6 nitrogen and oxygen atoms in total. The zero-order chi connectivity index (χ0) is 13.0. The Bertz CT molecular complexity index is 489. The van der Waals surface area contributed by atoms with Gasteiger partial charge < -0.3 is 24.9 Å². The molecule has 0 heterocycles. The molecule has 0 aliphatic heterocycles. The van der Waals surface area contributed by atoms with Crippen molar-refractivity contribution in [2.75, 3.05) is 0 Å². The van der Waals surface area contributed by atoms with Crippen LogP contribution in [0.4, 0.5) is 0 Å². The van der Waals surface area contributed by atoms with Crippen molar-refractivity contribution in [2.24, 2.45) is 0 Å². The third kappa shape index (κ3) is 2.75. The molecule has 0 aromatic heterocycles. The standard InChI is InChI=1S/C11H10O6/c1-2-7(11(15)16)17-8-5-3-4-6(9(8)12)10(13)14/h2-5,12H,1H3,(H,13,14)(H,15,16)/p-2/b7-2+. The van der Waals surface area contributed by atoms with Gasteiger partial charge >= 0.3 is 5.97 Å². The van der Waals surface area contributed by atoms with Crippen molar-refractivity contribution >= 4 is 11.9 Å². The molecule has 0 aliphatic carbocycles. The van der Waals surface area contributed by atoms with Crippen molar-refractivity contribution in [1.82, 2.24) is 0 Å². The van der Waals surface area contributed by atoms with E-state index in [9.17, 15) is 19.8 Å². The van der Waals surface area contributed by atoms with Crippen LogP contribution in [0.15, 0.2) is 30.0 Å². The van der Waals surface area contributed by atoms with Gasteiger partial charge in [0.05, 0.1) is 5.97 Å². The van der Waals surface area contributed by atoms with E-state index in [0.717, 1.165) is 12.1 Å². The largest absolute Gasteiger partial charge is 0.870 e. The van der Waals surface area contributed by atoms with Gasteiger partial charge in [0.2, 0.25) is 5.76 Å². The Morgan fingerprint density at radius 2 is 2.06 bits per heavy atom. The third-order valence-electron chi connectivity index (χ3n) is 1.89. The summed E-state index contributed by atoms with van der Waals surface area (Å²) in [6.07, 6.45) is 1.15. The summed E-state index contributed by atoms with van der Waals surface area (Å²) in [4.78, 5) is 21.2. The number of aromatic carboxylic acids is 1. The van der Waals surface area contributed by atoms with Crippen molar-refractivity contribution in [3.63, 3.8) is 0 Å². The number of hydrogen-bond donors (Lipinski definition) is 1. The lowest BCUT2D eigenvalue weighted by atomic mass is 10.2. The molecule has 0 atom stereocenters. The maximum Gasteiger partial charge on any atom is 0.371 e. The van der Waals surface area contributed by atoms with Crippen LogP contribution >= 0.6 is 0 Å². The topological polar surface area (TPSA) is 110 Å². The molecule has 0 saturated heterocycles. The predicted octanol–water partition coefficient (Wildman–Crippen LogP) is -0.509. The Kier molecular flexibility index (Phi) is 3.71. The average molecular weight is 236 g/mol. The zero-order valence-corrected chi connectivity index (χ0v) is 8.80. The second-order valence-electron chi connectivity index (χ2n) is 2.98. The van der Waals surface area contributed by atoms with Crippen LogP contribution in [0.25, 0.3) is 0 Å². The molecule has 0 spiro atoms. The molecule has 1 N–H and O–H groups in total. The maximum atomic E-state index is 11.5. The molecule has 6 heteroatoms. The van der Waals surface area contributed by atoms with E-state index in [-0.39, 0.29) is 5.75 Å². The number of carboxylic acid groups (broad SMARTS) is 2. The predicted molar refractivity (Wildman–Crippen MR) is 52.2 cm³/mol. The number of para-hydroxylation sites is 1. The van der Waals surface area contributed by atoms with Gasteiger partial charge in [-0.2, -0.15) is 0 Å². The highest BCUT2D eigenvalue weighted by molar-refractivity contribution is 5.90. The van der Waals surface area contributed by atoms with Gasteiger partial charge in [-0.15, -0.1) is 0 Å². The van der Waals surface area contributed by atoms with Crippen molar-refractivity contribution in [3.8, 4) is 11.5 Å². The number of benzene rings is 1. The van der Waals surface area contributed by atoms with Crippen molar-refractivity contribution in [3.05, 3.63) is 35.6 Å². The molecule has 0 amide bonds. The van der Waals surface area contributed by atoms with Crippen molar-refractivity contribution in [2.45, 2.75) is 6.92 Å². The van der Waals surface area contributed by atoms with E-state index in [4.69, 9.17) is 9.84 Å². The molecule has 1 aromatic carbocycles. The van der Waals surface area contributed by atoms with Crippen molar-refractivity contribution < 1.29 is 29.6 Å². The van der Waals surface area contributed by atoms with Crippen LogP contribution in [0, 0.1) is 0 Å². The number of carbonyl (C=O) groups is 2. The Morgan fingerprint density at radius 3 is 2.53 bits per heavy atom. The van der Waals surface area contributed by atoms with Crippen LogP contribution in [0.2, 0.25) is 0 Å². The summed E-state index contributed by atoms with van der Waals surface area (Å²) in [5.41, 5.74) is -0.580. The number of rotatable bonds is 4. The van der Waals surface area contributed by atoms with E-state index in [2.05, 4.69) is 0 Å². The summed E-state index contributed by atoms with van der Waals surface area (Å²) in [6, 6.07) is 3.50. The second kappa shape index (κ2) is 5.02. The number of allylic oxidation sites excluding steroid dienone is 1. The number of carbonyl (C=O) groups excluding carboxylic acids is 1. The van der Waals surface area contributed by atoms with E-state index >= 15 is 0 Å². The lowest BCUT2D eigenvalue weighted by molar-refractivity contribution is -0.277. The summed E-state index contributed by atoms with van der Waals surface area (Å²) in [6.45, 7) is 1.41. The molecule has 17 heavy (non-hydrogen) atoms. The minimum Gasteiger partial charge on any atom is -0.870 e. The third-order valence-corrected chi connectivity index (χ3v) is 1.89. The Morgan fingerprint density at radius 1 is 1.41 bits per heavy atom. The Balaban J connectivity index is 3.12. The first-order valence-electron chi connectivity index (χ1n) is 4.56. The van der Waals surface area contributed by atoms with Crippen LogP contribution < -0.4 is 14.9 Å². The molecular formula is C11H8O6-2. The minimum absolute atomic E-state index is 0.373. The van der Waals surface area contributed by atoms with Gasteiger partial charge in [0.15, 0.2) is 0 Å². The number of aliphatic carboxylic acids is 1. The number of ether oxygens (including phenoxy) is 1. The van der Waals surface area contributed by atoms with Gasteiger partial charge in [-0.25, -0.2) is 4.79 Å². The van der Waals surface area contributed by atoms with Gasteiger partial charge in [0.1, 0.15) is 5.75 Å². The highest BCUT2D eigenvalue weighted by Gasteiger charge is 2.10. The normalized spacial score (nSPS) is 11.0. The first-order chi connectivity index (χ1) is 7.97. The fourth-order valence-corrected chi connectivity index (χ4v) is 1.10.